The third kappa shape index (κ3) is 2.73. The molecule has 2 saturated heterocycles. The normalized spacial score (nSPS) is 34.4. The summed E-state index contributed by atoms with van der Waals surface area (Å²) in [5.74, 6) is 0.935. The molecule has 2 atom stereocenters. The van der Waals surface area contributed by atoms with E-state index in [2.05, 4.69) is 32.6 Å². The predicted molar refractivity (Wildman–Crippen MR) is 77.2 cm³/mol. The number of ketones is 1. The first kappa shape index (κ1) is 15.0. The van der Waals surface area contributed by atoms with Gasteiger partial charge in [0.1, 0.15) is 5.60 Å². The minimum absolute atomic E-state index is 0.00171. The van der Waals surface area contributed by atoms with Crippen molar-refractivity contribution in [1.82, 2.24) is 4.90 Å². The maximum Gasteiger partial charge on any atom is 0.171 e. The summed E-state index contributed by atoms with van der Waals surface area (Å²) in [5, 5.41) is 0. The fraction of sp³-hybridized carbons (Fsp3) is 0.938. The van der Waals surface area contributed by atoms with Crippen molar-refractivity contribution in [3.63, 3.8) is 0 Å². The Bertz CT molecular complexity index is 360. The first-order chi connectivity index (χ1) is 8.65. The molecule has 0 aromatic carbocycles. The van der Waals surface area contributed by atoms with Gasteiger partial charge in [-0.3, -0.25) is 9.69 Å². The molecule has 19 heavy (non-hydrogen) atoms. The number of likely N-dealkylation sites (tertiary alicyclic amines) is 1. The maximum atomic E-state index is 12.6. The molecule has 2 rings (SSSR count). The Morgan fingerprint density at radius 2 is 1.95 bits per heavy atom. The molecule has 0 amide bonds. The van der Waals surface area contributed by atoms with E-state index in [0.29, 0.717) is 12.0 Å². The second-order valence-corrected chi connectivity index (χ2v) is 7.58. The van der Waals surface area contributed by atoms with Gasteiger partial charge in [0.2, 0.25) is 0 Å². The van der Waals surface area contributed by atoms with Crippen LogP contribution in [0.2, 0.25) is 0 Å². The molecule has 3 heteroatoms. The van der Waals surface area contributed by atoms with Crippen LogP contribution >= 0.6 is 0 Å². The number of hydrogen-bond donors (Lipinski definition) is 0. The third-order valence-electron chi connectivity index (χ3n) is 4.87. The van der Waals surface area contributed by atoms with Gasteiger partial charge in [0.15, 0.2) is 5.78 Å². The molecule has 0 saturated carbocycles. The molecule has 0 bridgehead atoms. The van der Waals surface area contributed by atoms with Crippen LogP contribution in [0.5, 0.6) is 0 Å². The van der Waals surface area contributed by atoms with Crippen LogP contribution in [0.4, 0.5) is 0 Å². The highest BCUT2D eigenvalue weighted by Gasteiger charge is 2.54. The van der Waals surface area contributed by atoms with E-state index < -0.39 is 5.60 Å². The summed E-state index contributed by atoms with van der Waals surface area (Å²) in [4.78, 5) is 15.1. The monoisotopic (exact) mass is 267 g/mol. The van der Waals surface area contributed by atoms with Crippen LogP contribution in [0.1, 0.15) is 54.4 Å². The number of carbonyl (C=O) groups excluding carboxylic acids is 1. The Hall–Kier alpha value is -0.410. The number of ether oxygens (including phenoxy) is 1. The summed E-state index contributed by atoms with van der Waals surface area (Å²) in [5.41, 5.74) is -0.966. The van der Waals surface area contributed by atoms with Gasteiger partial charge < -0.3 is 4.74 Å². The standard InChI is InChI=1S/C16H29NO2/c1-11(2)13-8-7-9-17(13)10-12-14(18)16(5,6)19-15(12,3)4/h11-13H,7-10H2,1-6H3. The Balaban J connectivity index is 2.12. The van der Waals surface area contributed by atoms with Crippen molar-refractivity contribution in [3.05, 3.63) is 0 Å². The Morgan fingerprint density at radius 1 is 1.32 bits per heavy atom. The zero-order chi connectivity index (χ0) is 14.4. The zero-order valence-corrected chi connectivity index (χ0v) is 13.3. The van der Waals surface area contributed by atoms with Crippen molar-refractivity contribution in [2.24, 2.45) is 11.8 Å². The largest absolute Gasteiger partial charge is 0.361 e. The summed E-state index contributed by atoms with van der Waals surface area (Å²) >= 11 is 0. The van der Waals surface area contributed by atoms with Gasteiger partial charge in [0.05, 0.1) is 11.5 Å². The number of carbonyl (C=O) groups is 1. The fourth-order valence-electron chi connectivity index (χ4n) is 3.89. The van der Waals surface area contributed by atoms with E-state index in [1.807, 2.05) is 13.8 Å². The predicted octanol–water partition coefficient (Wildman–Crippen LogP) is 2.88. The van der Waals surface area contributed by atoms with Gasteiger partial charge >= 0.3 is 0 Å². The minimum Gasteiger partial charge on any atom is -0.361 e. The van der Waals surface area contributed by atoms with Crippen LogP contribution < -0.4 is 0 Å². The highest BCUT2D eigenvalue weighted by atomic mass is 16.5. The van der Waals surface area contributed by atoms with Gasteiger partial charge in [-0.05, 0) is 53.0 Å². The molecule has 2 fully saturated rings. The van der Waals surface area contributed by atoms with Crippen molar-refractivity contribution in [1.29, 1.82) is 0 Å². The van der Waals surface area contributed by atoms with E-state index >= 15 is 0 Å². The Labute approximate surface area is 117 Å². The molecule has 2 heterocycles. The van der Waals surface area contributed by atoms with Crippen LogP contribution in [-0.4, -0.2) is 41.0 Å². The zero-order valence-electron chi connectivity index (χ0n) is 13.3. The summed E-state index contributed by atoms with van der Waals surface area (Å²) in [6.45, 7) is 14.5. The molecule has 3 nitrogen and oxygen atoms in total. The molecular formula is C16H29NO2. The summed E-state index contributed by atoms with van der Waals surface area (Å²) in [6, 6.07) is 0.632. The van der Waals surface area contributed by atoms with Crippen molar-refractivity contribution in [2.75, 3.05) is 13.1 Å². The van der Waals surface area contributed by atoms with Crippen molar-refractivity contribution in [2.45, 2.75) is 71.6 Å². The molecule has 2 aliphatic heterocycles. The Kier molecular flexibility index (Phi) is 3.83. The summed E-state index contributed by atoms with van der Waals surface area (Å²) in [7, 11) is 0. The fourth-order valence-corrected chi connectivity index (χ4v) is 3.89. The van der Waals surface area contributed by atoms with Gasteiger partial charge in [0.25, 0.3) is 0 Å². The lowest BCUT2D eigenvalue weighted by Crippen LogP contribution is -2.44. The lowest BCUT2D eigenvalue weighted by molar-refractivity contribution is -0.132. The Morgan fingerprint density at radius 3 is 2.42 bits per heavy atom. The molecule has 0 spiro atoms. The van der Waals surface area contributed by atoms with Crippen LogP contribution in [0.15, 0.2) is 0 Å². The van der Waals surface area contributed by atoms with E-state index in [-0.39, 0.29) is 17.3 Å². The van der Waals surface area contributed by atoms with Crippen LogP contribution in [-0.2, 0) is 9.53 Å². The quantitative estimate of drug-likeness (QED) is 0.787. The molecule has 110 valence electrons. The van der Waals surface area contributed by atoms with Gasteiger partial charge in [-0.25, -0.2) is 0 Å². The van der Waals surface area contributed by atoms with Crippen LogP contribution in [0.3, 0.4) is 0 Å². The number of nitrogens with zero attached hydrogens (tertiary/aromatic N) is 1. The molecule has 2 aliphatic rings. The first-order valence-corrected chi connectivity index (χ1v) is 7.63. The summed E-state index contributed by atoms with van der Waals surface area (Å²) < 4.78 is 5.99. The van der Waals surface area contributed by atoms with Crippen molar-refractivity contribution >= 4 is 5.78 Å². The SMILES string of the molecule is CC(C)C1CCCN1CC1C(=O)C(C)(C)OC1(C)C. The van der Waals surface area contributed by atoms with Crippen LogP contribution in [0, 0.1) is 11.8 Å². The number of Topliss-reactive ketones (excluding diaryl/α,β-unsaturated/α-hetero) is 1. The van der Waals surface area contributed by atoms with E-state index in [4.69, 9.17) is 4.74 Å². The molecule has 0 N–H and O–H groups in total. The first-order valence-electron chi connectivity index (χ1n) is 7.63. The smallest absolute Gasteiger partial charge is 0.171 e. The second-order valence-electron chi connectivity index (χ2n) is 7.58. The van der Waals surface area contributed by atoms with E-state index in [1.54, 1.807) is 0 Å². The molecule has 2 unspecified atom stereocenters. The molecule has 0 radical (unpaired) electrons. The van der Waals surface area contributed by atoms with Crippen LogP contribution in [0.25, 0.3) is 0 Å². The topological polar surface area (TPSA) is 29.5 Å². The van der Waals surface area contributed by atoms with Crippen molar-refractivity contribution < 1.29 is 9.53 Å². The molecule has 0 aromatic heterocycles. The van der Waals surface area contributed by atoms with Gasteiger partial charge in [-0.1, -0.05) is 13.8 Å². The average Bonchev–Trinajstić information content (AvgIpc) is 2.75. The van der Waals surface area contributed by atoms with E-state index in [0.717, 1.165) is 13.1 Å². The second kappa shape index (κ2) is 4.85. The maximum absolute atomic E-state index is 12.6. The van der Waals surface area contributed by atoms with E-state index in [1.165, 1.54) is 12.8 Å². The highest BCUT2D eigenvalue weighted by Crippen LogP contribution is 2.40. The van der Waals surface area contributed by atoms with Gasteiger partial charge in [-0.15, -0.1) is 0 Å². The molecule has 0 aliphatic carbocycles. The molecule has 0 aromatic rings. The van der Waals surface area contributed by atoms with E-state index in [9.17, 15) is 4.79 Å². The van der Waals surface area contributed by atoms with Gasteiger partial charge in [-0.2, -0.15) is 0 Å². The molecular weight excluding hydrogens is 238 g/mol. The lowest BCUT2D eigenvalue weighted by atomic mass is 9.85. The minimum atomic E-state index is -0.624. The average molecular weight is 267 g/mol. The number of rotatable bonds is 3. The highest BCUT2D eigenvalue weighted by molar-refractivity contribution is 5.91. The van der Waals surface area contributed by atoms with Gasteiger partial charge in [0, 0.05) is 12.6 Å². The third-order valence-corrected chi connectivity index (χ3v) is 4.87. The van der Waals surface area contributed by atoms with Crippen molar-refractivity contribution in [3.8, 4) is 0 Å². The lowest BCUT2D eigenvalue weighted by Gasteiger charge is -2.33. The summed E-state index contributed by atoms with van der Waals surface area (Å²) in [6.07, 6.45) is 2.53. The number of hydrogen-bond acceptors (Lipinski definition) is 3.